The van der Waals surface area contributed by atoms with Gasteiger partial charge in [-0.25, -0.2) is 0 Å². The fourth-order valence-corrected chi connectivity index (χ4v) is 2.48. The smallest absolute Gasteiger partial charge is 0.270 e. The van der Waals surface area contributed by atoms with Crippen LogP contribution in [0.2, 0.25) is 5.02 Å². The van der Waals surface area contributed by atoms with Gasteiger partial charge in [0.2, 0.25) is 0 Å². The average molecular weight is 287 g/mol. The van der Waals surface area contributed by atoms with Crippen molar-refractivity contribution >= 4 is 17.5 Å². The number of hydrogen-bond donors (Lipinski definition) is 0. The molecule has 6 heteroatoms. The fraction of sp³-hybridized carbons (Fsp3) is 0.615. The second-order valence-corrected chi connectivity index (χ2v) is 5.12. The number of halogens is 1. The van der Waals surface area contributed by atoms with Crippen molar-refractivity contribution in [2.45, 2.75) is 12.5 Å². The van der Waals surface area contributed by atoms with E-state index in [2.05, 4.69) is 0 Å². The van der Waals surface area contributed by atoms with E-state index in [0.29, 0.717) is 37.0 Å². The summed E-state index contributed by atoms with van der Waals surface area (Å²) in [6.45, 7) is 2.43. The highest BCUT2D eigenvalue weighted by molar-refractivity contribution is 6.31. The predicted molar refractivity (Wildman–Crippen MR) is 72.6 cm³/mol. The molecule has 0 saturated carbocycles. The van der Waals surface area contributed by atoms with E-state index in [4.69, 9.17) is 21.1 Å². The minimum absolute atomic E-state index is 0.000108. The zero-order valence-electron chi connectivity index (χ0n) is 11.3. The van der Waals surface area contributed by atoms with E-state index >= 15 is 0 Å². The number of carbonyl (C=O) groups is 1. The van der Waals surface area contributed by atoms with Gasteiger partial charge in [0.1, 0.15) is 5.69 Å². The number of aryl methyl sites for hydroxylation is 1. The molecule has 0 radical (unpaired) electrons. The third-order valence-corrected chi connectivity index (χ3v) is 3.47. The summed E-state index contributed by atoms with van der Waals surface area (Å²) in [6.07, 6.45) is 2.58. The first kappa shape index (κ1) is 14.4. The van der Waals surface area contributed by atoms with Crippen LogP contribution in [0.5, 0.6) is 0 Å². The van der Waals surface area contributed by atoms with Crippen molar-refractivity contribution in [2.75, 3.05) is 33.4 Å². The molecule has 19 heavy (non-hydrogen) atoms. The van der Waals surface area contributed by atoms with Gasteiger partial charge < -0.3 is 18.9 Å². The lowest BCUT2D eigenvalue weighted by Gasteiger charge is -2.33. The van der Waals surface area contributed by atoms with Gasteiger partial charge >= 0.3 is 0 Å². The van der Waals surface area contributed by atoms with Crippen molar-refractivity contribution in [3.8, 4) is 0 Å². The molecule has 1 unspecified atom stereocenters. The van der Waals surface area contributed by atoms with Crippen molar-refractivity contribution < 1.29 is 14.3 Å². The minimum Gasteiger partial charge on any atom is -0.385 e. The highest BCUT2D eigenvalue weighted by Crippen LogP contribution is 2.17. The highest BCUT2D eigenvalue weighted by atomic mass is 35.5. The number of aromatic nitrogens is 1. The summed E-state index contributed by atoms with van der Waals surface area (Å²) in [4.78, 5) is 14.2. The van der Waals surface area contributed by atoms with Gasteiger partial charge in [-0.3, -0.25) is 4.79 Å². The molecule has 1 aliphatic heterocycles. The number of carbonyl (C=O) groups excluding carboxylic acids is 1. The average Bonchev–Trinajstić information content (AvgIpc) is 2.75. The van der Waals surface area contributed by atoms with Crippen LogP contribution in [0.4, 0.5) is 0 Å². The maximum absolute atomic E-state index is 12.4. The summed E-state index contributed by atoms with van der Waals surface area (Å²) in [5.74, 6) is 0.000108. The molecular formula is C13H19ClN2O3. The second-order valence-electron chi connectivity index (χ2n) is 4.68. The summed E-state index contributed by atoms with van der Waals surface area (Å²) in [5, 5.41) is 0.579. The summed E-state index contributed by atoms with van der Waals surface area (Å²) in [6, 6.07) is 1.70. The van der Waals surface area contributed by atoms with E-state index in [9.17, 15) is 4.79 Å². The third-order valence-electron chi connectivity index (χ3n) is 3.26. The Morgan fingerprint density at radius 2 is 2.42 bits per heavy atom. The SMILES string of the molecule is COCCC1CN(C(=O)c2cc(Cl)cn2C)CCO1. The van der Waals surface area contributed by atoms with Gasteiger partial charge in [-0.15, -0.1) is 0 Å². The van der Waals surface area contributed by atoms with E-state index in [1.54, 1.807) is 23.9 Å². The Kier molecular flexibility index (Phi) is 4.85. The summed E-state index contributed by atoms with van der Waals surface area (Å²) in [7, 11) is 3.49. The number of amides is 1. The number of nitrogens with zero attached hydrogens (tertiary/aromatic N) is 2. The summed E-state index contributed by atoms with van der Waals surface area (Å²) in [5.41, 5.74) is 0.609. The molecule has 1 aliphatic rings. The Hall–Kier alpha value is -1.04. The Morgan fingerprint density at radius 3 is 3.05 bits per heavy atom. The molecule has 0 aromatic carbocycles. The molecule has 5 nitrogen and oxygen atoms in total. The predicted octanol–water partition coefficient (Wildman–Crippen LogP) is 1.56. The largest absolute Gasteiger partial charge is 0.385 e. The number of rotatable bonds is 4. The summed E-state index contributed by atoms with van der Waals surface area (Å²) >= 11 is 5.91. The number of morpholine rings is 1. The van der Waals surface area contributed by atoms with Gasteiger partial charge in [-0.05, 0) is 12.5 Å². The van der Waals surface area contributed by atoms with Crippen LogP contribution in [0.15, 0.2) is 12.3 Å². The molecule has 0 spiro atoms. The van der Waals surface area contributed by atoms with Crippen LogP contribution in [0.3, 0.4) is 0 Å². The van der Waals surface area contributed by atoms with Crippen LogP contribution in [0.25, 0.3) is 0 Å². The molecule has 1 amide bonds. The zero-order chi connectivity index (χ0) is 13.8. The van der Waals surface area contributed by atoms with Crippen LogP contribution in [-0.2, 0) is 16.5 Å². The number of hydrogen-bond acceptors (Lipinski definition) is 3. The van der Waals surface area contributed by atoms with E-state index in [1.165, 1.54) is 0 Å². The molecule has 0 aliphatic carbocycles. The van der Waals surface area contributed by atoms with Crippen molar-refractivity contribution in [3.05, 3.63) is 23.0 Å². The first-order valence-electron chi connectivity index (χ1n) is 6.33. The van der Waals surface area contributed by atoms with E-state index < -0.39 is 0 Å². The van der Waals surface area contributed by atoms with Gasteiger partial charge in [0.25, 0.3) is 5.91 Å². The molecule has 2 heterocycles. The van der Waals surface area contributed by atoms with E-state index in [1.807, 2.05) is 11.9 Å². The molecule has 0 N–H and O–H groups in total. The topological polar surface area (TPSA) is 43.7 Å². The van der Waals surface area contributed by atoms with E-state index in [0.717, 1.165) is 6.42 Å². The van der Waals surface area contributed by atoms with Gasteiger partial charge in [0.15, 0.2) is 0 Å². The molecule has 1 aromatic rings. The molecule has 1 aromatic heterocycles. The lowest BCUT2D eigenvalue weighted by molar-refractivity contribution is -0.0335. The first-order valence-corrected chi connectivity index (χ1v) is 6.71. The Labute approximate surface area is 118 Å². The van der Waals surface area contributed by atoms with Crippen molar-refractivity contribution in [1.82, 2.24) is 9.47 Å². The summed E-state index contributed by atoms with van der Waals surface area (Å²) < 4.78 is 12.4. The molecule has 106 valence electrons. The zero-order valence-corrected chi connectivity index (χ0v) is 12.0. The van der Waals surface area contributed by atoms with Gasteiger partial charge in [0.05, 0.1) is 17.7 Å². The molecule has 1 saturated heterocycles. The highest BCUT2D eigenvalue weighted by Gasteiger charge is 2.26. The lowest BCUT2D eigenvalue weighted by Crippen LogP contribution is -2.46. The quantitative estimate of drug-likeness (QED) is 0.844. The Bertz CT molecular complexity index is 447. The van der Waals surface area contributed by atoms with Crippen LogP contribution in [0.1, 0.15) is 16.9 Å². The van der Waals surface area contributed by atoms with Crippen molar-refractivity contribution in [1.29, 1.82) is 0 Å². The van der Waals surface area contributed by atoms with E-state index in [-0.39, 0.29) is 12.0 Å². The monoisotopic (exact) mass is 286 g/mol. The van der Waals surface area contributed by atoms with Crippen LogP contribution in [-0.4, -0.2) is 54.9 Å². The van der Waals surface area contributed by atoms with Crippen molar-refractivity contribution in [3.63, 3.8) is 0 Å². The molecule has 1 atom stereocenters. The van der Waals surface area contributed by atoms with Crippen LogP contribution < -0.4 is 0 Å². The Balaban J connectivity index is 2.01. The molecule has 2 rings (SSSR count). The van der Waals surface area contributed by atoms with Crippen LogP contribution >= 0.6 is 11.6 Å². The van der Waals surface area contributed by atoms with Crippen LogP contribution in [0, 0.1) is 0 Å². The van der Waals surface area contributed by atoms with Crippen molar-refractivity contribution in [2.24, 2.45) is 7.05 Å². The Morgan fingerprint density at radius 1 is 1.63 bits per heavy atom. The standard InChI is InChI=1S/C13H19ClN2O3/c1-15-8-10(14)7-12(15)13(17)16-4-6-19-11(9-16)3-5-18-2/h7-8,11H,3-6,9H2,1-2H3. The first-order chi connectivity index (χ1) is 9.11. The maximum atomic E-state index is 12.4. The van der Waals surface area contributed by atoms with Gasteiger partial charge in [0, 0.05) is 40.1 Å². The van der Waals surface area contributed by atoms with Gasteiger partial charge in [-0.2, -0.15) is 0 Å². The number of ether oxygens (including phenoxy) is 2. The number of methoxy groups -OCH3 is 1. The fourth-order valence-electron chi connectivity index (χ4n) is 2.23. The molecule has 0 bridgehead atoms. The third kappa shape index (κ3) is 3.49. The maximum Gasteiger partial charge on any atom is 0.270 e. The molecular weight excluding hydrogens is 268 g/mol. The second kappa shape index (κ2) is 6.41. The normalized spacial score (nSPS) is 19.7. The molecule has 1 fully saturated rings. The minimum atomic E-state index is 0.000108. The van der Waals surface area contributed by atoms with Gasteiger partial charge in [-0.1, -0.05) is 11.6 Å². The lowest BCUT2D eigenvalue weighted by atomic mass is 10.2.